The van der Waals surface area contributed by atoms with Gasteiger partial charge in [-0.15, -0.1) is 0 Å². The topological polar surface area (TPSA) is 74.6 Å². The van der Waals surface area contributed by atoms with Crippen molar-refractivity contribution in [3.8, 4) is 0 Å². The van der Waals surface area contributed by atoms with Gasteiger partial charge in [0.1, 0.15) is 0 Å². The highest BCUT2D eigenvalue weighted by Crippen LogP contribution is 2.69. The third-order valence-corrected chi connectivity index (χ3v) is 10.8. The van der Waals surface area contributed by atoms with Crippen LogP contribution < -0.4 is 0 Å². The lowest BCUT2D eigenvalue weighted by molar-refractivity contribution is -0.200. The van der Waals surface area contributed by atoms with Crippen molar-refractivity contribution < 1.29 is 24.2 Å². The number of aliphatic hydroxyl groups is 1. The molecule has 5 heteroatoms. The summed E-state index contributed by atoms with van der Waals surface area (Å²) in [6.45, 7) is 8.91. The lowest BCUT2D eigenvalue weighted by Crippen LogP contribution is -2.63. The number of carboxylic acid groups (broad SMARTS) is 1. The molecule has 4 aliphatic rings. The molecule has 4 saturated carbocycles. The van der Waals surface area contributed by atoms with Gasteiger partial charge in [-0.3, -0.25) is 9.59 Å². The van der Waals surface area contributed by atoms with Crippen LogP contribution in [0, 0.1) is 52.3 Å². The summed E-state index contributed by atoms with van der Waals surface area (Å²) in [6.07, 6.45) is 4.82. The Labute approximate surface area is 186 Å². The van der Waals surface area contributed by atoms with Crippen LogP contribution in [0.3, 0.4) is 0 Å². The Bertz CT molecular complexity index is 724. The summed E-state index contributed by atoms with van der Waals surface area (Å²) in [5.74, 6) is 0.845. The fourth-order valence-electron chi connectivity index (χ4n) is 9.31. The number of hydrogen-bond donors (Lipinski definition) is 2. The van der Waals surface area contributed by atoms with Crippen LogP contribution in [-0.4, -0.2) is 34.2 Å². The molecule has 2 N–H and O–H groups in total. The fourth-order valence-corrected chi connectivity index (χ4v) is 9.31. The van der Waals surface area contributed by atoms with Crippen LogP contribution in [-0.2, 0) is 9.59 Å². The molecular weight excluding hydrogens is 395 g/mol. The van der Waals surface area contributed by atoms with E-state index in [9.17, 15) is 19.1 Å². The first-order chi connectivity index (χ1) is 14.5. The van der Waals surface area contributed by atoms with Gasteiger partial charge in [0.15, 0.2) is 12.0 Å². The van der Waals surface area contributed by atoms with E-state index in [1.807, 2.05) is 0 Å². The van der Waals surface area contributed by atoms with Crippen molar-refractivity contribution in [2.75, 3.05) is 0 Å². The molecule has 0 radical (unpaired) electrons. The molecular formula is C26H41FO4. The molecule has 176 valence electrons. The zero-order chi connectivity index (χ0) is 22.7. The minimum absolute atomic E-state index is 0.0635. The van der Waals surface area contributed by atoms with E-state index in [0.29, 0.717) is 30.6 Å². The van der Waals surface area contributed by atoms with Crippen molar-refractivity contribution in [1.82, 2.24) is 0 Å². The largest absolute Gasteiger partial charge is 0.481 e. The molecule has 0 aromatic carbocycles. The van der Waals surface area contributed by atoms with E-state index in [4.69, 9.17) is 5.11 Å². The monoisotopic (exact) mass is 436 g/mol. The van der Waals surface area contributed by atoms with Gasteiger partial charge in [0.2, 0.25) is 0 Å². The van der Waals surface area contributed by atoms with Crippen LogP contribution >= 0.6 is 0 Å². The van der Waals surface area contributed by atoms with E-state index in [1.54, 1.807) is 0 Å². The summed E-state index contributed by atoms with van der Waals surface area (Å²) in [6, 6.07) is 0. The third kappa shape index (κ3) is 3.48. The Hall–Kier alpha value is -0.970. The van der Waals surface area contributed by atoms with E-state index >= 15 is 0 Å². The third-order valence-electron chi connectivity index (χ3n) is 10.8. The minimum atomic E-state index is -1.35. The molecule has 0 bridgehead atoms. The number of rotatable bonds is 5. The molecule has 0 aromatic rings. The van der Waals surface area contributed by atoms with Crippen molar-refractivity contribution in [2.24, 2.45) is 52.3 Å². The molecule has 0 amide bonds. The maximum Gasteiger partial charge on any atom is 0.303 e. The van der Waals surface area contributed by atoms with Crippen molar-refractivity contribution in [2.45, 2.75) is 97.8 Å². The molecule has 0 aromatic heterocycles. The summed E-state index contributed by atoms with van der Waals surface area (Å²) in [7, 11) is 0. The number of hydrogen-bond acceptors (Lipinski definition) is 3. The van der Waals surface area contributed by atoms with Gasteiger partial charge in [0, 0.05) is 12.8 Å². The quantitative estimate of drug-likeness (QED) is 0.616. The average molecular weight is 437 g/mol. The van der Waals surface area contributed by atoms with Crippen LogP contribution in [0.2, 0.25) is 0 Å². The number of aliphatic carboxylic acids is 1. The maximum absolute atomic E-state index is 14.7. The molecule has 0 heterocycles. The summed E-state index contributed by atoms with van der Waals surface area (Å²) in [5.41, 5.74) is -0.104. The minimum Gasteiger partial charge on any atom is -0.481 e. The zero-order valence-corrected chi connectivity index (χ0v) is 19.6. The molecule has 4 rings (SSSR count). The Morgan fingerprint density at radius 1 is 1.16 bits per heavy atom. The number of fused-ring (bicyclic) bond motifs is 5. The highest BCUT2D eigenvalue weighted by molar-refractivity contribution is 5.84. The summed E-state index contributed by atoms with van der Waals surface area (Å²) >= 11 is 0. The predicted molar refractivity (Wildman–Crippen MR) is 117 cm³/mol. The zero-order valence-electron chi connectivity index (χ0n) is 19.6. The number of ketones is 1. The van der Waals surface area contributed by atoms with Gasteiger partial charge in [-0.1, -0.05) is 34.1 Å². The van der Waals surface area contributed by atoms with E-state index in [0.717, 1.165) is 32.1 Å². The molecule has 0 spiro atoms. The van der Waals surface area contributed by atoms with E-state index in [-0.39, 0.29) is 53.1 Å². The Morgan fingerprint density at radius 3 is 2.48 bits per heavy atom. The van der Waals surface area contributed by atoms with Gasteiger partial charge in [0.05, 0.1) is 6.10 Å². The number of halogens is 1. The summed E-state index contributed by atoms with van der Waals surface area (Å²) in [4.78, 5) is 23.4. The van der Waals surface area contributed by atoms with Crippen LogP contribution in [0.5, 0.6) is 0 Å². The number of carboxylic acids is 1. The molecule has 4 unspecified atom stereocenters. The number of aliphatic hydroxyl groups excluding tert-OH is 1. The fraction of sp³-hybridized carbons (Fsp3) is 0.923. The predicted octanol–water partition coefficient (Wildman–Crippen LogP) is 5.27. The van der Waals surface area contributed by atoms with Crippen LogP contribution in [0.15, 0.2) is 0 Å². The number of alkyl halides is 1. The highest BCUT2D eigenvalue weighted by Gasteiger charge is 2.65. The van der Waals surface area contributed by atoms with Crippen molar-refractivity contribution in [3.63, 3.8) is 0 Å². The second-order valence-electron chi connectivity index (χ2n) is 11.9. The van der Waals surface area contributed by atoms with Crippen LogP contribution in [0.4, 0.5) is 4.39 Å². The second-order valence-corrected chi connectivity index (χ2v) is 11.9. The molecule has 4 aliphatic carbocycles. The van der Waals surface area contributed by atoms with Gasteiger partial charge in [-0.2, -0.15) is 0 Å². The number of carbonyl (C=O) groups excluding carboxylic acids is 1. The average Bonchev–Trinajstić information content (AvgIpc) is 3.06. The van der Waals surface area contributed by atoms with Crippen LogP contribution in [0.25, 0.3) is 0 Å². The molecule has 11 atom stereocenters. The van der Waals surface area contributed by atoms with Gasteiger partial charge in [0.25, 0.3) is 0 Å². The second kappa shape index (κ2) is 8.11. The Morgan fingerprint density at radius 2 is 1.84 bits per heavy atom. The van der Waals surface area contributed by atoms with E-state index < -0.39 is 18.2 Å². The van der Waals surface area contributed by atoms with Crippen LogP contribution in [0.1, 0.15) is 85.5 Å². The van der Waals surface area contributed by atoms with Gasteiger partial charge in [-0.05, 0) is 90.8 Å². The maximum atomic E-state index is 14.7. The molecule has 0 saturated heterocycles. The van der Waals surface area contributed by atoms with E-state index in [2.05, 4.69) is 27.7 Å². The standard InChI is InChI=1S/C26H41FO4/c1-5-15-19-12-21(28)20(27)13-26(19,4)18-10-11-25(3)16(14(2)6-9-22(29)30)7-8-17(25)23(18)24(15)31/h14-20,23-24,31H,5-13H2,1-4H3,(H,29,30)/t14-,15-,16-,17?,18?,19+,20-,23?,24?,25-,26-/m1/s1. The first kappa shape index (κ1) is 23.2. The molecule has 31 heavy (non-hydrogen) atoms. The van der Waals surface area contributed by atoms with E-state index in [1.165, 1.54) is 0 Å². The first-order valence-corrected chi connectivity index (χ1v) is 12.6. The number of Topliss-reactive ketones (excluding diaryl/α,β-unsaturated/α-hetero) is 1. The Balaban J connectivity index is 1.64. The van der Waals surface area contributed by atoms with Gasteiger partial charge >= 0.3 is 5.97 Å². The molecule has 0 aliphatic heterocycles. The summed E-state index contributed by atoms with van der Waals surface area (Å²) < 4.78 is 14.7. The lowest BCUT2D eigenvalue weighted by Gasteiger charge is -2.64. The number of carbonyl (C=O) groups is 2. The molecule has 4 nitrogen and oxygen atoms in total. The van der Waals surface area contributed by atoms with Crippen molar-refractivity contribution in [3.05, 3.63) is 0 Å². The first-order valence-electron chi connectivity index (χ1n) is 12.6. The van der Waals surface area contributed by atoms with Crippen molar-refractivity contribution >= 4 is 11.8 Å². The normalized spacial score (nSPS) is 50.3. The lowest BCUT2D eigenvalue weighted by atomic mass is 9.41. The van der Waals surface area contributed by atoms with Crippen molar-refractivity contribution in [1.29, 1.82) is 0 Å². The Kier molecular flexibility index (Phi) is 6.07. The highest BCUT2D eigenvalue weighted by atomic mass is 19.1. The van der Waals surface area contributed by atoms with Gasteiger partial charge < -0.3 is 10.2 Å². The van der Waals surface area contributed by atoms with Gasteiger partial charge in [-0.25, -0.2) is 4.39 Å². The molecule has 4 fully saturated rings. The smallest absolute Gasteiger partial charge is 0.303 e. The SMILES string of the molecule is CC[C@H]1C(O)C2C3CC[C@H]([C@H](C)CCC(=O)O)[C@@]3(C)CCC2[C@@]2(C)C[C@@H](F)C(=O)C[C@@H]12. The summed E-state index contributed by atoms with van der Waals surface area (Å²) in [5, 5.41) is 20.8.